The van der Waals surface area contributed by atoms with Crippen molar-refractivity contribution in [1.29, 1.82) is 0 Å². The maximum Gasteiger partial charge on any atom is 0.214 e. The highest BCUT2D eigenvalue weighted by Crippen LogP contribution is 2.37. The number of nitrogens with two attached hydrogens (primary N) is 2. The predicted molar refractivity (Wildman–Crippen MR) is 77.7 cm³/mol. The standard InChI is InChI=1S/C15H15N3O/c1-8-3-9(2)5-10(4-8)11-6-18-7-12-13(11)14(16)15(17)19-12/h3-7H,16-17H2,1-2H3. The van der Waals surface area contributed by atoms with Crippen molar-refractivity contribution < 1.29 is 4.42 Å². The SMILES string of the molecule is Cc1cc(C)cc(-c2cncc3oc(N)c(N)c23)c1. The molecule has 19 heavy (non-hydrogen) atoms. The lowest BCUT2D eigenvalue weighted by Gasteiger charge is -2.06. The van der Waals surface area contributed by atoms with Gasteiger partial charge in [-0.15, -0.1) is 0 Å². The number of hydrogen-bond donors (Lipinski definition) is 2. The Morgan fingerprint density at radius 1 is 1.00 bits per heavy atom. The van der Waals surface area contributed by atoms with E-state index in [-0.39, 0.29) is 5.88 Å². The van der Waals surface area contributed by atoms with Crippen molar-refractivity contribution in [2.24, 2.45) is 0 Å². The van der Waals surface area contributed by atoms with E-state index in [0.29, 0.717) is 11.3 Å². The van der Waals surface area contributed by atoms with E-state index in [9.17, 15) is 0 Å². The molecule has 0 fully saturated rings. The van der Waals surface area contributed by atoms with Crippen LogP contribution in [-0.4, -0.2) is 4.98 Å². The molecule has 0 atom stereocenters. The highest BCUT2D eigenvalue weighted by Gasteiger charge is 2.14. The minimum atomic E-state index is 0.244. The molecule has 0 bridgehead atoms. The number of hydrogen-bond acceptors (Lipinski definition) is 4. The molecule has 2 heterocycles. The summed E-state index contributed by atoms with van der Waals surface area (Å²) >= 11 is 0. The first-order valence-corrected chi connectivity index (χ1v) is 6.06. The third-order valence-corrected chi connectivity index (χ3v) is 3.20. The number of aromatic nitrogens is 1. The summed E-state index contributed by atoms with van der Waals surface area (Å²) in [6.07, 6.45) is 3.43. The average Bonchev–Trinajstić information content (AvgIpc) is 2.64. The van der Waals surface area contributed by atoms with Gasteiger partial charge in [0, 0.05) is 11.8 Å². The van der Waals surface area contributed by atoms with Gasteiger partial charge in [-0.05, 0) is 19.4 Å². The maximum atomic E-state index is 6.01. The molecule has 0 aliphatic heterocycles. The quantitative estimate of drug-likeness (QED) is 0.697. The largest absolute Gasteiger partial charge is 0.437 e. The van der Waals surface area contributed by atoms with Gasteiger partial charge in [-0.25, -0.2) is 0 Å². The minimum Gasteiger partial charge on any atom is -0.437 e. The number of aryl methyl sites for hydroxylation is 2. The van der Waals surface area contributed by atoms with Gasteiger partial charge in [0.25, 0.3) is 0 Å². The molecule has 3 rings (SSSR count). The van der Waals surface area contributed by atoms with E-state index in [2.05, 4.69) is 37.0 Å². The van der Waals surface area contributed by atoms with Crippen LogP contribution in [0.1, 0.15) is 11.1 Å². The Balaban J connectivity index is 2.36. The van der Waals surface area contributed by atoms with Crippen LogP contribution in [0.2, 0.25) is 0 Å². The molecule has 0 spiro atoms. The maximum absolute atomic E-state index is 6.01. The number of nitrogens with zero attached hydrogens (tertiary/aromatic N) is 1. The lowest BCUT2D eigenvalue weighted by Crippen LogP contribution is -1.91. The summed E-state index contributed by atoms with van der Waals surface area (Å²) in [6.45, 7) is 4.13. The molecule has 4 N–H and O–H groups in total. The van der Waals surface area contributed by atoms with Gasteiger partial charge in [0.05, 0.1) is 11.6 Å². The Morgan fingerprint density at radius 3 is 2.37 bits per heavy atom. The molecule has 1 aromatic carbocycles. The summed E-state index contributed by atoms with van der Waals surface area (Å²) < 4.78 is 5.41. The molecule has 4 heteroatoms. The van der Waals surface area contributed by atoms with Gasteiger partial charge in [-0.2, -0.15) is 0 Å². The fraction of sp³-hybridized carbons (Fsp3) is 0.133. The van der Waals surface area contributed by atoms with Gasteiger partial charge < -0.3 is 15.9 Å². The van der Waals surface area contributed by atoms with Crippen LogP contribution in [0.25, 0.3) is 22.1 Å². The second kappa shape index (κ2) is 4.02. The van der Waals surface area contributed by atoms with Gasteiger partial charge in [0.1, 0.15) is 5.69 Å². The summed E-state index contributed by atoms with van der Waals surface area (Å²) in [5.74, 6) is 0.244. The third kappa shape index (κ3) is 1.81. The number of pyridine rings is 1. The lowest BCUT2D eigenvalue weighted by molar-refractivity contribution is 0.637. The van der Waals surface area contributed by atoms with Crippen molar-refractivity contribution >= 4 is 22.5 Å². The Bertz CT molecular complexity index is 754. The summed E-state index contributed by atoms with van der Waals surface area (Å²) in [5, 5.41) is 0.831. The topological polar surface area (TPSA) is 78.1 Å². The van der Waals surface area contributed by atoms with E-state index < -0.39 is 0 Å². The van der Waals surface area contributed by atoms with Crippen molar-refractivity contribution in [1.82, 2.24) is 4.98 Å². The van der Waals surface area contributed by atoms with Gasteiger partial charge >= 0.3 is 0 Å². The Labute approximate surface area is 111 Å². The third-order valence-electron chi connectivity index (χ3n) is 3.20. The van der Waals surface area contributed by atoms with E-state index in [4.69, 9.17) is 15.9 Å². The normalized spacial score (nSPS) is 11.1. The van der Waals surface area contributed by atoms with E-state index in [1.165, 1.54) is 11.1 Å². The number of fused-ring (bicyclic) bond motifs is 1. The summed E-state index contributed by atoms with van der Waals surface area (Å²) in [4.78, 5) is 4.20. The highest BCUT2D eigenvalue weighted by molar-refractivity contribution is 6.05. The van der Waals surface area contributed by atoms with Crippen LogP contribution >= 0.6 is 0 Å². The van der Waals surface area contributed by atoms with Crippen LogP contribution in [0.3, 0.4) is 0 Å². The van der Waals surface area contributed by atoms with Crippen LogP contribution in [0.15, 0.2) is 35.0 Å². The van der Waals surface area contributed by atoms with Gasteiger partial charge in [-0.3, -0.25) is 4.98 Å². The minimum absolute atomic E-state index is 0.244. The van der Waals surface area contributed by atoms with E-state index >= 15 is 0 Å². The van der Waals surface area contributed by atoms with E-state index in [1.807, 2.05) is 0 Å². The summed E-state index contributed by atoms with van der Waals surface area (Å²) in [7, 11) is 0. The molecule has 0 radical (unpaired) electrons. The molecule has 4 nitrogen and oxygen atoms in total. The first kappa shape index (κ1) is 11.6. The van der Waals surface area contributed by atoms with Crippen LogP contribution in [0.5, 0.6) is 0 Å². The van der Waals surface area contributed by atoms with Crippen LogP contribution in [-0.2, 0) is 0 Å². The van der Waals surface area contributed by atoms with Gasteiger partial charge in [0.15, 0.2) is 5.58 Å². The smallest absolute Gasteiger partial charge is 0.214 e. The lowest BCUT2D eigenvalue weighted by atomic mass is 9.99. The Morgan fingerprint density at radius 2 is 1.68 bits per heavy atom. The van der Waals surface area contributed by atoms with Gasteiger partial charge in [-0.1, -0.05) is 29.3 Å². The van der Waals surface area contributed by atoms with Crippen molar-refractivity contribution in [3.05, 3.63) is 41.7 Å². The first-order chi connectivity index (χ1) is 9.06. The first-order valence-electron chi connectivity index (χ1n) is 6.06. The molecule has 96 valence electrons. The molecule has 3 aromatic rings. The summed E-state index contributed by atoms with van der Waals surface area (Å²) in [6, 6.07) is 6.34. The molecular weight excluding hydrogens is 238 g/mol. The Hall–Kier alpha value is -2.49. The Kier molecular flexibility index (Phi) is 2.45. The monoisotopic (exact) mass is 253 g/mol. The summed E-state index contributed by atoms with van der Waals surface area (Å²) in [5.41, 5.74) is 17.3. The fourth-order valence-corrected chi connectivity index (χ4v) is 2.44. The zero-order valence-corrected chi connectivity index (χ0v) is 10.9. The van der Waals surface area contributed by atoms with E-state index in [0.717, 1.165) is 16.5 Å². The zero-order valence-electron chi connectivity index (χ0n) is 10.9. The molecule has 0 saturated heterocycles. The zero-order chi connectivity index (χ0) is 13.6. The number of furan rings is 1. The van der Waals surface area contributed by atoms with Crippen molar-refractivity contribution in [3.63, 3.8) is 0 Å². The van der Waals surface area contributed by atoms with Crippen molar-refractivity contribution in [2.75, 3.05) is 11.5 Å². The molecule has 0 aliphatic rings. The van der Waals surface area contributed by atoms with Crippen molar-refractivity contribution in [2.45, 2.75) is 13.8 Å². The second-order valence-corrected chi connectivity index (χ2v) is 4.82. The molecule has 2 aromatic heterocycles. The molecule has 0 amide bonds. The van der Waals surface area contributed by atoms with Gasteiger partial charge in [0.2, 0.25) is 5.88 Å². The molecular formula is C15H15N3O. The molecule has 0 saturated carbocycles. The number of benzene rings is 1. The van der Waals surface area contributed by atoms with E-state index in [1.54, 1.807) is 12.4 Å². The highest BCUT2D eigenvalue weighted by atomic mass is 16.3. The van der Waals surface area contributed by atoms with Crippen LogP contribution in [0.4, 0.5) is 11.6 Å². The van der Waals surface area contributed by atoms with Crippen LogP contribution < -0.4 is 11.5 Å². The van der Waals surface area contributed by atoms with Crippen molar-refractivity contribution in [3.8, 4) is 11.1 Å². The number of nitrogen functional groups attached to an aromatic ring is 2. The number of rotatable bonds is 1. The predicted octanol–water partition coefficient (Wildman–Crippen LogP) is 3.28. The van der Waals surface area contributed by atoms with Crippen LogP contribution in [0, 0.1) is 13.8 Å². The fourth-order valence-electron chi connectivity index (χ4n) is 2.44. The number of anilines is 2. The average molecular weight is 253 g/mol. The second-order valence-electron chi connectivity index (χ2n) is 4.82. The molecule has 0 unspecified atom stereocenters. The molecule has 0 aliphatic carbocycles.